The van der Waals surface area contributed by atoms with Gasteiger partial charge < -0.3 is 10.4 Å². The highest BCUT2D eigenvalue weighted by Gasteiger charge is 2.55. The summed E-state index contributed by atoms with van der Waals surface area (Å²) in [6.07, 6.45) is 8.77. The number of pyridine rings is 1. The summed E-state index contributed by atoms with van der Waals surface area (Å²) in [6, 6.07) is 9.75. The Balaban J connectivity index is 1.26. The number of hydrogen-bond donors (Lipinski definition) is 3. The van der Waals surface area contributed by atoms with Gasteiger partial charge in [0.15, 0.2) is 0 Å². The van der Waals surface area contributed by atoms with Crippen molar-refractivity contribution >= 4 is 5.91 Å². The van der Waals surface area contributed by atoms with Gasteiger partial charge in [-0.1, -0.05) is 19.1 Å². The summed E-state index contributed by atoms with van der Waals surface area (Å²) in [5.74, 6) is 1.90. The molecule has 4 atom stereocenters. The number of nitrogens with one attached hydrogen (secondary N) is 2. The van der Waals surface area contributed by atoms with Crippen LogP contribution in [0.1, 0.15) is 70.5 Å². The largest absolute Gasteiger partial charge is 0.508 e. The third-order valence-electron chi connectivity index (χ3n) is 8.33. The molecule has 1 aromatic carbocycles. The molecular weight excluding hydrogens is 400 g/mol. The lowest BCUT2D eigenvalue weighted by atomic mass is 9.55. The van der Waals surface area contributed by atoms with Crippen molar-refractivity contribution in [3.8, 4) is 5.75 Å². The molecule has 32 heavy (non-hydrogen) atoms. The normalized spacial score (nSPS) is 27.7. The van der Waals surface area contributed by atoms with Gasteiger partial charge in [0.1, 0.15) is 11.4 Å². The summed E-state index contributed by atoms with van der Waals surface area (Å²) in [5.41, 5.74) is 6.55. The lowest BCUT2D eigenvalue weighted by Crippen LogP contribution is -2.43. The number of fused-ring (bicyclic) bond motifs is 7. The molecular formula is C26H28N4O2. The van der Waals surface area contributed by atoms with Gasteiger partial charge in [0.25, 0.3) is 5.91 Å². The van der Waals surface area contributed by atoms with Crippen LogP contribution in [0.3, 0.4) is 0 Å². The number of aromatic amines is 1. The van der Waals surface area contributed by atoms with Gasteiger partial charge in [0.05, 0.1) is 5.69 Å². The summed E-state index contributed by atoms with van der Waals surface area (Å²) >= 11 is 0. The molecule has 2 heterocycles. The van der Waals surface area contributed by atoms with Gasteiger partial charge in [0.2, 0.25) is 0 Å². The molecule has 0 bridgehead atoms. The minimum atomic E-state index is -0.0918. The number of carbonyl (C=O) groups excluding carboxylic acids is 1. The topological polar surface area (TPSA) is 90.9 Å². The van der Waals surface area contributed by atoms with E-state index in [9.17, 15) is 9.90 Å². The molecule has 0 aliphatic heterocycles. The number of aromatic hydroxyl groups is 1. The van der Waals surface area contributed by atoms with Crippen molar-refractivity contribution in [2.24, 2.45) is 11.8 Å². The Morgan fingerprint density at radius 2 is 2.22 bits per heavy atom. The molecule has 3 N–H and O–H groups in total. The van der Waals surface area contributed by atoms with Crippen LogP contribution < -0.4 is 5.32 Å². The zero-order valence-electron chi connectivity index (χ0n) is 18.3. The van der Waals surface area contributed by atoms with Crippen molar-refractivity contribution in [2.75, 3.05) is 0 Å². The Morgan fingerprint density at radius 1 is 1.31 bits per heavy atom. The van der Waals surface area contributed by atoms with Crippen LogP contribution in [-0.2, 0) is 24.8 Å². The van der Waals surface area contributed by atoms with E-state index >= 15 is 0 Å². The van der Waals surface area contributed by atoms with Gasteiger partial charge in [-0.25, -0.2) is 0 Å². The number of phenols is 1. The van der Waals surface area contributed by atoms with E-state index in [1.807, 2.05) is 24.3 Å². The first-order valence-corrected chi connectivity index (χ1v) is 11.6. The summed E-state index contributed by atoms with van der Waals surface area (Å²) in [6.45, 7) is 2.81. The number of carbonyl (C=O) groups is 1. The number of aromatic nitrogens is 3. The van der Waals surface area contributed by atoms with Crippen LogP contribution in [0.25, 0.3) is 0 Å². The van der Waals surface area contributed by atoms with Gasteiger partial charge >= 0.3 is 0 Å². The van der Waals surface area contributed by atoms with Crippen molar-refractivity contribution in [1.82, 2.24) is 20.5 Å². The summed E-state index contributed by atoms with van der Waals surface area (Å²) in [5, 5.41) is 20.7. The summed E-state index contributed by atoms with van der Waals surface area (Å²) in [7, 11) is 0. The molecule has 3 aliphatic carbocycles. The number of H-pyrrole nitrogens is 1. The number of nitrogens with zero attached hydrogens (tertiary/aromatic N) is 2. The summed E-state index contributed by atoms with van der Waals surface area (Å²) in [4.78, 5) is 17.1. The molecule has 0 spiro atoms. The number of benzene rings is 1. The predicted molar refractivity (Wildman–Crippen MR) is 120 cm³/mol. The monoisotopic (exact) mass is 428 g/mol. The highest BCUT2D eigenvalue weighted by molar-refractivity contribution is 5.94. The Labute approximate surface area is 187 Å². The average Bonchev–Trinajstić information content (AvgIpc) is 3.36. The van der Waals surface area contributed by atoms with Crippen molar-refractivity contribution in [1.29, 1.82) is 0 Å². The van der Waals surface area contributed by atoms with E-state index in [2.05, 4.69) is 28.4 Å². The molecule has 3 aliphatic rings. The highest BCUT2D eigenvalue weighted by Crippen LogP contribution is 2.60. The number of hydrogen-bond acceptors (Lipinski definition) is 4. The van der Waals surface area contributed by atoms with Crippen molar-refractivity contribution in [3.05, 3.63) is 76.4 Å². The lowest BCUT2D eigenvalue weighted by molar-refractivity contribution is 0.0937. The molecule has 6 rings (SSSR count). The zero-order valence-corrected chi connectivity index (χ0v) is 18.3. The molecule has 1 saturated carbocycles. The van der Waals surface area contributed by atoms with E-state index in [1.165, 1.54) is 11.1 Å². The maximum Gasteiger partial charge on any atom is 0.269 e. The first-order chi connectivity index (χ1) is 15.5. The molecule has 0 radical (unpaired) electrons. The SMILES string of the molecule is C[C@]12CCC3c4ccc(O)cc4CCC3C1Cc1c2n[nH]c1C(=O)NCc1cccnc1. The first kappa shape index (κ1) is 19.5. The number of rotatable bonds is 3. The summed E-state index contributed by atoms with van der Waals surface area (Å²) < 4.78 is 0. The standard InChI is InChI=1S/C26H28N4O2/c1-26-9-8-19-18-7-5-17(31)11-16(18)4-6-20(19)22(26)12-21-23(29-30-24(21)26)25(32)28-14-15-3-2-10-27-13-15/h2-3,5,7,10-11,13,19-20,22,31H,4,6,8-9,12,14H2,1H3,(H,28,32)(H,29,30)/t19?,20?,22?,26-/m0/s1. The molecule has 6 nitrogen and oxygen atoms in total. The third kappa shape index (κ3) is 2.89. The fraction of sp³-hybridized carbons (Fsp3) is 0.423. The number of phenolic OH excluding ortho intramolecular Hbond substituents is 1. The second-order valence-electron chi connectivity index (χ2n) is 9.93. The third-order valence-corrected chi connectivity index (χ3v) is 8.33. The Bertz CT molecular complexity index is 1190. The molecule has 0 saturated heterocycles. The van der Waals surface area contributed by atoms with E-state index in [0.29, 0.717) is 35.7 Å². The van der Waals surface area contributed by atoms with Gasteiger partial charge in [-0.05, 0) is 84.7 Å². The first-order valence-electron chi connectivity index (χ1n) is 11.6. The Hall–Kier alpha value is -3.15. The van der Waals surface area contributed by atoms with Crippen molar-refractivity contribution < 1.29 is 9.90 Å². The Morgan fingerprint density at radius 3 is 3.06 bits per heavy atom. The maximum absolute atomic E-state index is 13.0. The molecule has 3 aromatic rings. The molecule has 2 aromatic heterocycles. The van der Waals surface area contributed by atoms with E-state index in [-0.39, 0.29) is 11.3 Å². The van der Waals surface area contributed by atoms with Crippen LogP contribution in [0.15, 0.2) is 42.7 Å². The number of amides is 1. The quantitative estimate of drug-likeness (QED) is 0.588. The van der Waals surface area contributed by atoms with E-state index < -0.39 is 0 Å². The fourth-order valence-corrected chi connectivity index (χ4v) is 6.78. The van der Waals surface area contributed by atoms with Crippen molar-refractivity contribution in [2.45, 2.75) is 56.9 Å². The number of aryl methyl sites for hydroxylation is 1. The van der Waals surface area contributed by atoms with Crippen LogP contribution in [0, 0.1) is 11.8 Å². The van der Waals surface area contributed by atoms with E-state index in [1.54, 1.807) is 12.4 Å². The smallest absolute Gasteiger partial charge is 0.269 e. The molecule has 1 fully saturated rings. The average molecular weight is 429 g/mol. The fourth-order valence-electron chi connectivity index (χ4n) is 6.78. The van der Waals surface area contributed by atoms with Gasteiger partial charge in [-0.3, -0.25) is 14.9 Å². The zero-order chi connectivity index (χ0) is 21.9. The molecule has 1 amide bonds. The minimum Gasteiger partial charge on any atom is -0.508 e. The second-order valence-corrected chi connectivity index (χ2v) is 9.93. The van der Waals surface area contributed by atoms with E-state index in [4.69, 9.17) is 5.10 Å². The van der Waals surface area contributed by atoms with Gasteiger partial charge in [-0.15, -0.1) is 0 Å². The highest BCUT2D eigenvalue weighted by atomic mass is 16.3. The lowest BCUT2D eigenvalue weighted by Gasteiger charge is -2.49. The van der Waals surface area contributed by atoms with Gasteiger partial charge in [0, 0.05) is 29.9 Å². The maximum atomic E-state index is 13.0. The van der Waals surface area contributed by atoms with Gasteiger partial charge in [-0.2, -0.15) is 5.10 Å². The molecule has 164 valence electrons. The Kier molecular flexibility index (Phi) is 4.39. The minimum absolute atomic E-state index is 0.0172. The van der Waals surface area contributed by atoms with Crippen LogP contribution in [0.2, 0.25) is 0 Å². The van der Waals surface area contributed by atoms with Crippen molar-refractivity contribution in [3.63, 3.8) is 0 Å². The van der Waals surface area contributed by atoms with Crippen LogP contribution in [0.4, 0.5) is 0 Å². The van der Waals surface area contributed by atoms with E-state index in [0.717, 1.165) is 48.9 Å². The van der Waals surface area contributed by atoms with Crippen LogP contribution in [-0.4, -0.2) is 26.2 Å². The van der Waals surface area contributed by atoms with Crippen LogP contribution >= 0.6 is 0 Å². The molecule has 6 heteroatoms. The molecule has 3 unspecified atom stereocenters. The predicted octanol–water partition coefficient (Wildman–Crippen LogP) is 4.01. The second kappa shape index (κ2) is 7.19. The van der Waals surface area contributed by atoms with Crippen LogP contribution in [0.5, 0.6) is 5.75 Å².